The summed E-state index contributed by atoms with van der Waals surface area (Å²) in [4.78, 5) is 0. The van der Waals surface area contributed by atoms with Crippen LogP contribution in [0.4, 0.5) is 78.0 Å². The number of fused-ring (bicyclic) bond motifs is 5. The first-order valence-electron chi connectivity index (χ1n) is 24.3. The molecule has 0 atom stereocenters. The summed E-state index contributed by atoms with van der Waals surface area (Å²) in [5.41, 5.74) is 36.4. The predicted octanol–water partition coefficient (Wildman–Crippen LogP) is 15.6. The summed E-state index contributed by atoms with van der Waals surface area (Å²) in [6.45, 7) is 0. The van der Waals surface area contributed by atoms with Gasteiger partial charge in [-0.3, -0.25) is 0 Å². The Bertz CT molecular complexity index is 4370. The van der Waals surface area contributed by atoms with Crippen LogP contribution in [0.2, 0.25) is 0 Å². The van der Waals surface area contributed by atoms with Crippen LogP contribution in [0.3, 0.4) is 0 Å². The van der Waals surface area contributed by atoms with Gasteiger partial charge in [-0.15, -0.1) is 0 Å². The van der Waals surface area contributed by atoms with Crippen molar-refractivity contribution >= 4 is 77.2 Å². The smallest absolute Gasteiger partial charge is 0.202 e. The first-order chi connectivity index (χ1) is 39.6. The molecule has 12 nitrogen and oxygen atoms in total. The van der Waals surface area contributed by atoms with E-state index in [0.717, 1.165) is 0 Å². The topological polar surface area (TPSA) is 212 Å². The van der Waals surface area contributed by atoms with Gasteiger partial charge < -0.3 is 62.8 Å². The van der Waals surface area contributed by atoms with Gasteiger partial charge in [0.2, 0.25) is 23.3 Å². The van der Waals surface area contributed by atoms with Crippen molar-refractivity contribution in [2.24, 2.45) is 0 Å². The lowest BCUT2D eigenvalue weighted by Crippen LogP contribution is -1.99. The highest BCUT2D eigenvalue weighted by Crippen LogP contribution is 2.43. The average molecular weight is 1150 g/mol. The molecule has 0 aliphatic rings. The Balaban J connectivity index is 0.000000151. The number of rotatable bonds is 10. The van der Waals surface area contributed by atoms with Gasteiger partial charge in [-0.25, -0.2) is 26.3 Å². The number of nitrogen functional groups attached to an aromatic ring is 6. The lowest BCUT2D eigenvalue weighted by Gasteiger charge is -2.14. The van der Waals surface area contributed by atoms with Crippen molar-refractivity contribution in [3.8, 4) is 62.9 Å². The monoisotopic (exact) mass is 1150 g/mol. The summed E-state index contributed by atoms with van der Waals surface area (Å²) in [5, 5.41) is -1.23. The van der Waals surface area contributed by atoms with Crippen LogP contribution in [-0.2, 0) is 0 Å². The van der Waals surface area contributed by atoms with Crippen LogP contribution in [0.15, 0.2) is 140 Å². The number of anilines is 6. The van der Waals surface area contributed by atoms with Crippen LogP contribution in [0.1, 0.15) is 0 Å². The van der Waals surface area contributed by atoms with Crippen molar-refractivity contribution in [3.63, 3.8) is 0 Å². The van der Waals surface area contributed by atoms with Gasteiger partial charge in [0, 0.05) is 33.4 Å². The molecule has 11 aromatic carbocycles. The van der Waals surface area contributed by atoms with Gasteiger partial charge in [0.25, 0.3) is 0 Å². The number of nitrogens with two attached hydrogens (primary N) is 6. The molecule has 12 N–H and O–H groups in total. The van der Waals surface area contributed by atoms with Gasteiger partial charge in [-0.2, -0.15) is 17.6 Å². The van der Waals surface area contributed by atoms with E-state index in [2.05, 4.69) is 0 Å². The van der Waals surface area contributed by atoms with Crippen LogP contribution in [0.25, 0.3) is 54.2 Å². The first-order valence-corrected chi connectivity index (χ1v) is 24.3. The lowest BCUT2D eigenvalue weighted by molar-refractivity contribution is 0.374. The summed E-state index contributed by atoms with van der Waals surface area (Å²) in [7, 11) is 3.93. The zero-order chi connectivity index (χ0) is 59.7. The molecule has 0 heterocycles. The van der Waals surface area contributed by atoms with Crippen LogP contribution < -0.4 is 62.8 Å². The van der Waals surface area contributed by atoms with Crippen molar-refractivity contribution in [2.45, 2.75) is 0 Å². The largest absolute Gasteiger partial charge is 0.497 e. The summed E-state index contributed by atoms with van der Waals surface area (Å²) in [6, 6.07) is 33.1. The second-order valence-electron chi connectivity index (χ2n) is 18.1. The molecule has 22 heteroatoms. The maximum absolute atomic E-state index is 15.1. The second-order valence-corrected chi connectivity index (χ2v) is 18.1. The average Bonchev–Trinajstić information content (AvgIpc) is 3.58. The molecule has 0 amide bonds. The summed E-state index contributed by atoms with van der Waals surface area (Å²) < 4.78 is 177. The maximum atomic E-state index is 15.1. The minimum Gasteiger partial charge on any atom is -0.497 e. The molecule has 11 rings (SSSR count). The fraction of sp³-hybridized carbons (Fsp3) is 0.0492. The number of hydrogen-bond acceptors (Lipinski definition) is 12. The van der Waals surface area contributed by atoms with Gasteiger partial charge in [-0.1, -0.05) is 42.5 Å². The number of ether oxygens (including phenoxy) is 6. The van der Waals surface area contributed by atoms with E-state index in [1.54, 1.807) is 24.3 Å². The van der Waals surface area contributed by atoms with E-state index in [-0.39, 0.29) is 72.9 Å². The number of methoxy groups -OCH3 is 3. The van der Waals surface area contributed by atoms with E-state index in [4.69, 9.17) is 62.8 Å². The van der Waals surface area contributed by atoms with Crippen molar-refractivity contribution in [2.75, 3.05) is 55.7 Å². The molecule has 0 aromatic heterocycles. The summed E-state index contributed by atoms with van der Waals surface area (Å²) in [5.74, 6) is -13.5. The molecule has 0 unspecified atom stereocenters. The molecule has 0 saturated carbocycles. The van der Waals surface area contributed by atoms with E-state index >= 15 is 4.39 Å². The molecule has 0 saturated heterocycles. The predicted molar refractivity (Wildman–Crippen MR) is 300 cm³/mol. The zero-order valence-corrected chi connectivity index (χ0v) is 43.5. The fourth-order valence-electron chi connectivity index (χ4n) is 8.75. The maximum Gasteiger partial charge on any atom is 0.202 e. The van der Waals surface area contributed by atoms with Crippen molar-refractivity contribution in [1.29, 1.82) is 0 Å². The summed E-state index contributed by atoms with van der Waals surface area (Å²) in [6.07, 6.45) is 0. The third kappa shape index (κ3) is 11.2. The van der Waals surface area contributed by atoms with Crippen molar-refractivity contribution in [3.05, 3.63) is 198 Å². The Morgan fingerprint density at radius 3 is 0.976 bits per heavy atom. The fourth-order valence-corrected chi connectivity index (χ4v) is 8.75. The quantitative estimate of drug-likeness (QED) is 0.0429. The SMILES string of the molecule is COc1cc2ccc3cc(Oc4ccc(N)cc4N)c(F)c(F)c3c2c(F)c1F.COc1ccc(-c2ccc3cc(Oc4ccc(N)cc4N)c(F)c(F)c3c2F)cc1.COc1ccc2cc(Oc3ccc(N)cc3N)c(F)c(F)c2c1F. The van der Waals surface area contributed by atoms with Gasteiger partial charge >= 0.3 is 0 Å². The first kappa shape index (κ1) is 57.1. The molecule has 83 heavy (non-hydrogen) atoms. The third-order valence-corrected chi connectivity index (χ3v) is 12.8. The molecular weight excluding hydrogens is 1100 g/mol. The highest BCUT2D eigenvalue weighted by molar-refractivity contribution is 6.09. The Morgan fingerprint density at radius 2 is 0.590 bits per heavy atom. The van der Waals surface area contributed by atoms with Crippen LogP contribution >= 0.6 is 0 Å². The molecule has 11 aromatic rings. The van der Waals surface area contributed by atoms with Gasteiger partial charge in [-0.05, 0) is 124 Å². The molecule has 0 radical (unpaired) electrons. The number of halogens is 10. The van der Waals surface area contributed by atoms with Gasteiger partial charge in [0.05, 0.1) is 49.2 Å². The molecule has 0 spiro atoms. The molecule has 0 fully saturated rings. The van der Waals surface area contributed by atoms with Crippen LogP contribution in [-0.4, -0.2) is 21.3 Å². The van der Waals surface area contributed by atoms with E-state index < -0.39 is 97.0 Å². The Kier molecular flexibility index (Phi) is 16.0. The second kappa shape index (κ2) is 23.2. The summed E-state index contributed by atoms with van der Waals surface area (Å²) >= 11 is 0. The zero-order valence-electron chi connectivity index (χ0n) is 43.5. The molecule has 0 aliphatic heterocycles. The Hall–Kier alpha value is -10.6. The van der Waals surface area contributed by atoms with E-state index in [1.807, 2.05) is 0 Å². The molecule has 0 bridgehead atoms. The number of benzene rings is 11. The van der Waals surface area contributed by atoms with Crippen molar-refractivity contribution < 1.29 is 72.3 Å². The Labute approximate surface area is 464 Å². The third-order valence-electron chi connectivity index (χ3n) is 12.8. The molecular formula is C61H44F10N6O6. The highest BCUT2D eigenvalue weighted by Gasteiger charge is 2.25. The number of hydrogen-bond donors (Lipinski definition) is 6. The van der Waals surface area contributed by atoms with E-state index in [9.17, 15) is 39.5 Å². The lowest BCUT2D eigenvalue weighted by atomic mass is 9.99. The standard InChI is InChI=1S/C23H17F3N2O2.C21H14F4N2O2.C17H13F3N2O2/c1-29-15-6-2-12(3-7-15)16-8-4-13-10-19(22(25)23(26)20(13)21(16)24)30-18-9-5-14(27)11-17(18)28;1-28-14-6-9-2-3-10-7-15(29-13-5-4-11(26)8-12(13)27)19(23)21(25)17(10)16(9)20(24)18(14)22;1-23-12-4-2-8-6-13(16(19)17(20)14(8)15(12)18)24-11-5-3-9(21)7-10(11)22/h2-11H,27-28H2,1H3;2-8H,26-27H2,1H3;2-7H,21-22H2,1H3. The van der Waals surface area contributed by atoms with E-state index in [1.165, 1.54) is 137 Å². The highest BCUT2D eigenvalue weighted by atomic mass is 19.2. The molecule has 0 aliphatic carbocycles. The molecule has 424 valence electrons. The van der Waals surface area contributed by atoms with Crippen LogP contribution in [0.5, 0.6) is 51.7 Å². The van der Waals surface area contributed by atoms with Gasteiger partial charge in [0.15, 0.2) is 75.1 Å². The van der Waals surface area contributed by atoms with E-state index in [0.29, 0.717) is 28.4 Å². The minimum absolute atomic E-state index is 0.0691. The minimum atomic E-state index is -1.37. The van der Waals surface area contributed by atoms with Gasteiger partial charge in [0.1, 0.15) is 11.6 Å². The normalized spacial score (nSPS) is 11.0. The Morgan fingerprint density at radius 1 is 0.265 bits per heavy atom. The van der Waals surface area contributed by atoms with Crippen LogP contribution in [0, 0.1) is 58.2 Å². The van der Waals surface area contributed by atoms with Crippen molar-refractivity contribution in [1.82, 2.24) is 0 Å².